The van der Waals surface area contributed by atoms with Crippen molar-refractivity contribution in [3.8, 4) is 5.75 Å². The molecule has 17 heavy (non-hydrogen) atoms. The SMILES string of the molecule is COc1ccc2c(c1C)C(CCN)N(C)CC2. The summed E-state index contributed by atoms with van der Waals surface area (Å²) in [6.45, 7) is 3.99. The number of benzene rings is 1. The largest absolute Gasteiger partial charge is 0.496 e. The highest BCUT2D eigenvalue weighted by Gasteiger charge is 2.26. The predicted molar refractivity (Wildman–Crippen MR) is 70.5 cm³/mol. The van der Waals surface area contributed by atoms with Gasteiger partial charge < -0.3 is 10.5 Å². The van der Waals surface area contributed by atoms with Crippen LogP contribution < -0.4 is 10.5 Å². The fraction of sp³-hybridized carbons (Fsp3) is 0.571. The molecule has 1 aromatic rings. The van der Waals surface area contributed by atoms with Crippen LogP contribution in [0.5, 0.6) is 5.75 Å². The number of likely N-dealkylation sites (N-methyl/N-ethyl adjacent to an activating group) is 1. The van der Waals surface area contributed by atoms with Gasteiger partial charge >= 0.3 is 0 Å². The van der Waals surface area contributed by atoms with Gasteiger partial charge in [0.1, 0.15) is 5.75 Å². The van der Waals surface area contributed by atoms with Crippen LogP contribution in [0.1, 0.15) is 29.2 Å². The molecule has 1 aromatic carbocycles. The Bertz CT molecular complexity index is 403. The number of rotatable bonds is 3. The maximum absolute atomic E-state index is 5.74. The van der Waals surface area contributed by atoms with Gasteiger partial charge in [-0.3, -0.25) is 4.90 Å². The summed E-state index contributed by atoms with van der Waals surface area (Å²) < 4.78 is 5.42. The number of nitrogens with two attached hydrogens (primary N) is 1. The second-order valence-corrected chi connectivity index (χ2v) is 4.79. The van der Waals surface area contributed by atoms with Gasteiger partial charge in [0, 0.05) is 12.6 Å². The molecule has 0 fully saturated rings. The van der Waals surface area contributed by atoms with Crippen molar-refractivity contribution >= 4 is 0 Å². The summed E-state index contributed by atoms with van der Waals surface area (Å²) in [5.41, 5.74) is 9.91. The molecule has 3 nitrogen and oxygen atoms in total. The first-order valence-corrected chi connectivity index (χ1v) is 6.25. The topological polar surface area (TPSA) is 38.5 Å². The maximum atomic E-state index is 5.74. The number of ether oxygens (including phenoxy) is 1. The molecule has 0 radical (unpaired) electrons. The zero-order valence-corrected chi connectivity index (χ0v) is 11.0. The molecule has 0 saturated heterocycles. The molecular formula is C14H22N2O. The van der Waals surface area contributed by atoms with Crippen LogP contribution in [0.25, 0.3) is 0 Å². The van der Waals surface area contributed by atoms with E-state index >= 15 is 0 Å². The number of hydrogen-bond donors (Lipinski definition) is 1. The molecule has 3 heteroatoms. The van der Waals surface area contributed by atoms with E-state index in [4.69, 9.17) is 10.5 Å². The third kappa shape index (κ3) is 2.17. The molecule has 2 rings (SSSR count). The van der Waals surface area contributed by atoms with Crippen molar-refractivity contribution in [2.45, 2.75) is 25.8 Å². The molecule has 1 aliphatic rings. The van der Waals surface area contributed by atoms with Crippen LogP contribution in [0.2, 0.25) is 0 Å². The molecular weight excluding hydrogens is 212 g/mol. The quantitative estimate of drug-likeness (QED) is 0.868. The van der Waals surface area contributed by atoms with Crippen molar-refractivity contribution in [3.63, 3.8) is 0 Å². The van der Waals surface area contributed by atoms with Gasteiger partial charge in [0.2, 0.25) is 0 Å². The minimum absolute atomic E-state index is 0.443. The average molecular weight is 234 g/mol. The maximum Gasteiger partial charge on any atom is 0.122 e. The number of nitrogens with zero attached hydrogens (tertiary/aromatic N) is 1. The minimum atomic E-state index is 0.443. The first-order valence-electron chi connectivity index (χ1n) is 6.25. The van der Waals surface area contributed by atoms with Gasteiger partial charge in [0.15, 0.2) is 0 Å². The Kier molecular flexibility index (Phi) is 3.69. The van der Waals surface area contributed by atoms with Crippen LogP contribution in [0.4, 0.5) is 0 Å². The zero-order chi connectivity index (χ0) is 12.4. The number of methoxy groups -OCH3 is 1. The van der Waals surface area contributed by atoms with Gasteiger partial charge in [0.05, 0.1) is 7.11 Å². The fourth-order valence-corrected chi connectivity index (χ4v) is 2.86. The van der Waals surface area contributed by atoms with Crippen LogP contribution in [-0.2, 0) is 6.42 Å². The third-order valence-corrected chi connectivity index (χ3v) is 3.81. The van der Waals surface area contributed by atoms with Crippen LogP contribution in [-0.4, -0.2) is 32.1 Å². The summed E-state index contributed by atoms with van der Waals surface area (Å²) in [5.74, 6) is 0.987. The van der Waals surface area contributed by atoms with Gasteiger partial charge in [-0.1, -0.05) is 6.07 Å². The Morgan fingerprint density at radius 2 is 2.24 bits per heavy atom. The third-order valence-electron chi connectivity index (χ3n) is 3.81. The summed E-state index contributed by atoms with van der Waals surface area (Å²) in [4.78, 5) is 2.40. The summed E-state index contributed by atoms with van der Waals surface area (Å²) in [6, 6.07) is 4.73. The van der Waals surface area contributed by atoms with E-state index in [0.717, 1.165) is 31.7 Å². The number of hydrogen-bond acceptors (Lipinski definition) is 3. The van der Waals surface area contributed by atoms with E-state index in [9.17, 15) is 0 Å². The first-order chi connectivity index (χ1) is 8.19. The summed E-state index contributed by atoms with van der Waals surface area (Å²) in [5, 5.41) is 0. The standard InChI is InChI=1S/C14H22N2O/c1-10-13(17-3)5-4-11-7-9-16(2)12(6-8-15)14(10)11/h4-5,12H,6-9,15H2,1-3H3. The first kappa shape index (κ1) is 12.4. The van der Waals surface area contributed by atoms with E-state index < -0.39 is 0 Å². The molecule has 0 spiro atoms. The molecule has 0 bridgehead atoms. The van der Waals surface area contributed by atoms with Crippen molar-refractivity contribution in [3.05, 3.63) is 28.8 Å². The van der Waals surface area contributed by atoms with Crippen LogP contribution in [0.15, 0.2) is 12.1 Å². The fourth-order valence-electron chi connectivity index (χ4n) is 2.86. The van der Waals surface area contributed by atoms with Crippen LogP contribution >= 0.6 is 0 Å². The lowest BCUT2D eigenvalue weighted by Crippen LogP contribution is -2.34. The van der Waals surface area contributed by atoms with Gasteiger partial charge in [0.25, 0.3) is 0 Å². The summed E-state index contributed by atoms with van der Waals surface area (Å²) in [6.07, 6.45) is 2.13. The molecule has 0 amide bonds. The average Bonchev–Trinajstić information content (AvgIpc) is 2.33. The molecule has 1 heterocycles. The lowest BCUT2D eigenvalue weighted by molar-refractivity contribution is 0.220. The second kappa shape index (κ2) is 5.07. The van der Waals surface area contributed by atoms with E-state index in [-0.39, 0.29) is 0 Å². The highest BCUT2D eigenvalue weighted by atomic mass is 16.5. The van der Waals surface area contributed by atoms with E-state index in [0.29, 0.717) is 6.04 Å². The highest BCUT2D eigenvalue weighted by Crippen LogP contribution is 2.36. The molecule has 1 aliphatic heterocycles. The van der Waals surface area contributed by atoms with Crippen molar-refractivity contribution in [2.24, 2.45) is 5.73 Å². The Morgan fingerprint density at radius 3 is 2.88 bits per heavy atom. The summed E-state index contributed by atoms with van der Waals surface area (Å²) in [7, 11) is 3.92. The Labute approximate surface area is 104 Å². The Hall–Kier alpha value is -1.06. The molecule has 1 unspecified atom stereocenters. The van der Waals surface area contributed by atoms with Crippen molar-refractivity contribution < 1.29 is 4.74 Å². The second-order valence-electron chi connectivity index (χ2n) is 4.79. The van der Waals surface area contributed by atoms with Crippen molar-refractivity contribution in [1.29, 1.82) is 0 Å². The molecule has 94 valence electrons. The molecule has 1 atom stereocenters. The van der Waals surface area contributed by atoms with Crippen LogP contribution in [0, 0.1) is 6.92 Å². The predicted octanol–water partition coefficient (Wildman–Crippen LogP) is 1.88. The minimum Gasteiger partial charge on any atom is -0.496 e. The highest BCUT2D eigenvalue weighted by molar-refractivity contribution is 5.47. The smallest absolute Gasteiger partial charge is 0.122 e. The van der Waals surface area contributed by atoms with Crippen molar-refractivity contribution in [1.82, 2.24) is 4.90 Å². The molecule has 0 aromatic heterocycles. The summed E-state index contributed by atoms with van der Waals surface area (Å²) >= 11 is 0. The lowest BCUT2D eigenvalue weighted by Gasteiger charge is -2.36. The van der Waals surface area contributed by atoms with E-state index in [1.165, 1.54) is 16.7 Å². The van der Waals surface area contributed by atoms with E-state index in [1.807, 2.05) is 0 Å². The van der Waals surface area contributed by atoms with E-state index in [1.54, 1.807) is 7.11 Å². The zero-order valence-electron chi connectivity index (χ0n) is 11.0. The Morgan fingerprint density at radius 1 is 1.47 bits per heavy atom. The van der Waals surface area contributed by atoms with Gasteiger partial charge in [-0.05, 0) is 56.1 Å². The van der Waals surface area contributed by atoms with Crippen LogP contribution in [0.3, 0.4) is 0 Å². The Balaban J connectivity index is 2.48. The van der Waals surface area contributed by atoms with Crippen molar-refractivity contribution in [2.75, 3.05) is 27.2 Å². The molecule has 0 saturated carbocycles. The van der Waals surface area contributed by atoms with Gasteiger partial charge in [-0.15, -0.1) is 0 Å². The lowest BCUT2D eigenvalue weighted by atomic mass is 9.87. The van der Waals surface area contributed by atoms with Gasteiger partial charge in [-0.2, -0.15) is 0 Å². The monoisotopic (exact) mass is 234 g/mol. The molecule has 2 N–H and O–H groups in total. The normalized spacial score (nSPS) is 20.1. The van der Waals surface area contributed by atoms with E-state index in [2.05, 4.69) is 31.0 Å². The van der Waals surface area contributed by atoms with Gasteiger partial charge in [-0.25, -0.2) is 0 Å². The molecule has 0 aliphatic carbocycles. The number of fused-ring (bicyclic) bond motifs is 1.